The van der Waals surface area contributed by atoms with Crippen LogP contribution in [0.15, 0.2) is 24.3 Å². The highest BCUT2D eigenvalue weighted by atomic mass is 19.4. The van der Waals surface area contributed by atoms with Crippen LogP contribution in [0, 0.1) is 0 Å². The monoisotopic (exact) mass is 273 g/mol. The Hall–Kier alpha value is -1.72. The van der Waals surface area contributed by atoms with Crippen LogP contribution in [0.1, 0.15) is 18.4 Å². The number of nitrogens with zero attached hydrogens (tertiary/aromatic N) is 1. The topological polar surface area (TPSA) is 29.5 Å². The third kappa shape index (κ3) is 3.87. The Morgan fingerprint density at radius 3 is 2.47 bits per heavy atom. The van der Waals surface area contributed by atoms with Gasteiger partial charge in [0.25, 0.3) is 0 Å². The molecule has 0 aromatic heterocycles. The summed E-state index contributed by atoms with van der Waals surface area (Å²) in [6.45, 7) is 1.36. The highest BCUT2D eigenvalue weighted by molar-refractivity contribution is 5.79. The molecule has 0 spiro atoms. The highest BCUT2D eigenvalue weighted by Crippen LogP contribution is 2.27. The lowest BCUT2D eigenvalue weighted by Gasteiger charge is -2.17. The molecule has 3 nitrogen and oxygen atoms in total. The number of carbonyl (C=O) groups is 1. The molecule has 1 aliphatic rings. The maximum Gasteiger partial charge on any atom is 0.573 e. The predicted molar refractivity (Wildman–Crippen MR) is 62.6 cm³/mol. The van der Waals surface area contributed by atoms with E-state index in [2.05, 4.69) is 4.74 Å². The number of alkyl halides is 3. The molecule has 0 saturated carbocycles. The molecule has 6 heteroatoms. The van der Waals surface area contributed by atoms with Crippen molar-refractivity contribution in [3.63, 3.8) is 0 Å². The summed E-state index contributed by atoms with van der Waals surface area (Å²) in [5, 5.41) is 0. The number of hydrogen-bond donors (Lipinski definition) is 0. The number of likely N-dealkylation sites (tertiary alicyclic amines) is 1. The Labute approximate surface area is 109 Å². The first-order valence-corrected chi connectivity index (χ1v) is 6.07. The van der Waals surface area contributed by atoms with E-state index >= 15 is 0 Å². The molecule has 1 fully saturated rings. The van der Waals surface area contributed by atoms with Crippen molar-refractivity contribution in [1.82, 2.24) is 4.90 Å². The average Bonchev–Trinajstić information content (AvgIpc) is 2.83. The van der Waals surface area contributed by atoms with E-state index in [1.54, 1.807) is 11.0 Å². The summed E-state index contributed by atoms with van der Waals surface area (Å²) in [4.78, 5) is 13.6. The summed E-state index contributed by atoms with van der Waals surface area (Å²) in [5.41, 5.74) is 0.261. The second-order valence-corrected chi connectivity index (χ2v) is 4.42. The van der Waals surface area contributed by atoms with Gasteiger partial charge >= 0.3 is 6.36 Å². The van der Waals surface area contributed by atoms with Gasteiger partial charge in [-0.05, 0) is 18.9 Å². The first kappa shape index (κ1) is 13.7. The van der Waals surface area contributed by atoms with Gasteiger partial charge in [-0.3, -0.25) is 4.79 Å². The van der Waals surface area contributed by atoms with Gasteiger partial charge in [0, 0.05) is 18.7 Å². The number of para-hydroxylation sites is 1. The molecule has 0 bridgehead atoms. The van der Waals surface area contributed by atoms with E-state index in [0.29, 0.717) is 13.1 Å². The third-order valence-electron chi connectivity index (χ3n) is 3.00. The van der Waals surface area contributed by atoms with Crippen molar-refractivity contribution in [2.75, 3.05) is 13.1 Å². The van der Waals surface area contributed by atoms with Crippen LogP contribution >= 0.6 is 0 Å². The van der Waals surface area contributed by atoms with Crippen molar-refractivity contribution in [2.45, 2.75) is 25.6 Å². The van der Waals surface area contributed by atoms with Gasteiger partial charge in [-0.2, -0.15) is 0 Å². The molecule has 104 valence electrons. The molecule has 1 aromatic rings. The van der Waals surface area contributed by atoms with Gasteiger partial charge in [0.15, 0.2) is 0 Å². The third-order valence-corrected chi connectivity index (χ3v) is 3.00. The van der Waals surface area contributed by atoms with Crippen molar-refractivity contribution >= 4 is 5.91 Å². The Balaban J connectivity index is 2.09. The number of ether oxygens (including phenoxy) is 1. The van der Waals surface area contributed by atoms with E-state index in [1.165, 1.54) is 18.2 Å². The van der Waals surface area contributed by atoms with Gasteiger partial charge < -0.3 is 9.64 Å². The van der Waals surface area contributed by atoms with E-state index in [0.717, 1.165) is 12.8 Å². The first-order valence-electron chi connectivity index (χ1n) is 6.07. The zero-order valence-electron chi connectivity index (χ0n) is 10.2. The predicted octanol–water partition coefficient (Wildman–Crippen LogP) is 2.75. The molecule has 1 amide bonds. The standard InChI is InChI=1S/C13H14F3NO2/c14-13(15,16)19-11-6-2-1-5-10(11)9-12(18)17-7-3-4-8-17/h1-2,5-6H,3-4,7-9H2. The van der Waals surface area contributed by atoms with Crippen LogP contribution in [0.25, 0.3) is 0 Å². The van der Waals surface area contributed by atoms with Crippen molar-refractivity contribution in [3.05, 3.63) is 29.8 Å². The van der Waals surface area contributed by atoms with E-state index in [9.17, 15) is 18.0 Å². The number of carbonyl (C=O) groups excluding carboxylic acids is 1. The molecule has 0 N–H and O–H groups in total. The zero-order chi connectivity index (χ0) is 13.9. The SMILES string of the molecule is O=C(Cc1ccccc1OC(F)(F)F)N1CCCC1. The van der Waals surface area contributed by atoms with Crippen LogP contribution in [-0.4, -0.2) is 30.3 Å². The summed E-state index contributed by atoms with van der Waals surface area (Å²) >= 11 is 0. The lowest BCUT2D eigenvalue weighted by Crippen LogP contribution is -2.29. The van der Waals surface area contributed by atoms with E-state index in [1.807, 2.05) is 0 Å². The lowest BCUT2D eigenvalue weighted by atomic mass is 10.1. The maximum absolute atomic E-state index is 12.2. The molecule has 1 saturated heterocycles. The van der Waals surface area contributed by atoms with Crippen LogP contribution in [0.4, 0.5) is 13.2 Å². The van der Waals surface area contributed by atoms with Crippen LogP contribution in [0.2, 0.25) is 0 Å². The summed E-state index contributed by atoms with van der Waals surface area (Å²) in [6.07, 6.45) is -2.90. The van der Waals surface area contributed by atoms with E-state index in [4.69, 9.17) is 0 Å². The molecule has 19 heavy (non-hydrogen) atoms. The fraction of sp³-hybridized carbons (Fsp3) is 0.462. The van der Waals surface area contributed by atoms with E-state index in [-0.39, 0.29) is 23.6 Å². The van der Waals surface area contributed by atoms with Crippen LogP contribution in [0.3, 0.4) is 0 Å². The summed E-state index contributed by atoms with van der Waals surface area (Å²) in [7, 11) is 0. The molecule has 0 aliphatic carbocycles. The minimum atomic E-state index is -4.74. The van der Waals surface area contributed by atoms with Crippen LogP contribution < -0.4 is 4.74 Å². The molecule has 2 rings (SSSR count). The van der Waals surface area contributed by atoms with Crippen molar-refractivity contribution < 1.29 is 22.7 Å². The minimum Gasteiger partial charge on any atom is -0.405 e. The lowest BCUT2D eigenvalue weighted by molar-refractivity contribution is -0.274. The van der Waals surface area contributed by atoms with Gasteiger partial charge in [0.1, 0.15) is 5.75 Å². The van der Waals surface area contributed by atoms with Gasteiger partial charge in [-0.25, -0.2) is 0 Å². The Bertz CT molecular complexity index is 453. The minimum absolute atomic E-state index is 0.0632. The number of halogens is 3. The highest BCUT2D eigenvalue weighted by Gasteiger charge is 2.32. The zero-order valence-corrected chi connectivity index (χ0v) is 10.2. The van der Waals surface area contributed by atoms with Crippen LogP contribution in [-0.2, 0) is 11.2 Å². The smallest absolute Gasteiger partial charge is 0.405 e. The van der Waals surface area contributed by atoms with Crippen LogP contribution in [0.5, 0.6) is 5.75 Å². The Morgan fingerprint density at radius 2 is 1.84 bits per heavy atom. The number of rotatable bonds is 3. The van der Waals surface area contributed by atoms with Gasteiger partial charge in [-0.15, -0.1) is 13.2 Å². The quantitative estimate of drug-likeness (QED) is 0.847. The maximum atomic E-state index is 12.2. The Morgan fingerprint density at radius 1 is 1.21 bits per heavy atom. The van der Waals surface area contributed by atoms with Crippen molar-refractivity contribution in [1.29, 1.82) is 0 Å². The molecule has 1 heterocycles. The van der Waals surface area contributed by atoms with Gasteiger partial charge in [0.2, 0.25) is 5.91 Å². The van der Waals surface area contributed by atoms with Crippen molar-refractivity contribution in [3.8, 4) is 5.75 Å². The molecular weight excluding hydrogens is 259 g/mol. The fourth-order valence-electron chi connectivity index (χ4n) is 2.12. The molecule has 1 aliphatic heterocycles. The summed E-state index contributed by atoms with van der Waals surface area (Å²) in [6, 6.07) is 5.75. The normalized spacial score (nSPS) is 15.6. The largest absolute Gasteiger partial charge is 0.573 e. The molecule has 0 radical (unpaired) electrons. The Kier molecular flexibility index (Phi) is 3.97. The fourth-order valence-corrected chi connectivity index (χ4v) is 2.12. The van der Waals surface area contributed by atoms with Gasteiger partial charge in [0.05, 0.1) is 6.42 Å². The van der Waals surface area contributed by atoms with E-state index < -0.39 is 6.36 Å². The molecule has 1 aromatic carbocycles. The summed E-state index contributed by atoms with van der Waals surface area (Å²) in [5.74, 6) is -0.460. The molecule has 0 unspecified atom stereocenters. The average molecular weight is 273 g/mol. The van der Waals surface area contributed by atoms with Crippen molar-refractivity contribution in [2.24, 2.45) is 0 Å². The molecule has 0 atom stereocenters. The van der Waals surface area contributed by atoms with Gasteiger partial charge in [-0.1, -0.05) is 18.2 Å². The summed E-state index contributed by atoms with van der Waals surface area (Å²) < 4.78 is 40.7. The molecular formula is C13H14F3NO2. The number of benzene rings is 1. The number of hydrogen-bond acceptors (Lipinski definition) is 2. The first-order chi connectivity index (χ1) is 8.96. The second-order valence-electron chi connectivity index (χ2n) is 4.42. The second kappa shape index (κ2) is 5.50. The number of amides is 1.